The first-order valence-electron chi connectivity index (χ1n) is 11.9. The van der Waals surface area contributed by atoms with Crippen LogP contribution in [0.15, 0.2) is 48.5 Å². The molecule has 2 amide bonds. The van der Waals surface area contributed by atoms with Crippen LogP contribution >= 0.6 is 0 Å². The predicted molar refractivity (Wildman–Crippen MR) is 131 cm³/mol. The monoisotopic (exact) mass is 451 g/mol. The zero-order valence-electron chi connectivity index (χ0n) is 20.3. The highest BCUT2D eigenvalue weighted by Crippen LogP contribution is 2.20. The first-order chi connectivity index (χ1) is 15.9. The van der Waals surface area contributed by atoms with Crippen LogP contribution in [0.2, 0.25) is 0 Å². The van der Waals surface area contributed by atoms with Crippen LogP contribution in [0.3, 0.4) is 0 Å². The van der Waals surface area contributed by atoms with Gasteiger partial charge in [-0.25, -0.2) is 0 Å². The summed E-state index contributed by atoms with van der Waals surface area (Å²) in [5.41, 5.74) is 2.95. The van der Waals surface area contributed by atoms with E-state index >= 15 is 0 Å². The van der Waals surface area contributed by atoms with Crippen LogP contribution in [0.5, 0.6) is 5.75 Å². The van der Waals surface area contributed by atoms with Crippen molar-refractivity contribution < 1.29 is 14.3 Å². The van der Waals surface area contributed by atoms with Crippen molar-refractivity contribution in [3.8, 4) is 5.75 Å². The average molecular weight is 452 g/mol. The molecule has 1 aliphatic rings. The van der Waals surface area contributed by atoms with E-state index in [1.165, 1.54) is 5.56 Å². The molecule has 0 aliphatic carbocycles. The molecule has 33 heavy (non-hydrogen) atoms. The normalized spacial score (nSPS) is 15.8. The molecule has 2 N–H and O–H groups in total. The fourth-order valence-corrected chi connectivity index (χ4v) is 4.16. The van der Waals surface area contributed by atoms with Crippen molar-refractivity contribution in [2.24, 2.45) is 11.8 Å². The molecule has 1 heterocycles. The number of likely N-dealkylation sites (tertiary alicyclic amines) is 1. The summed E-state index contributed by atoms with van der Waals surface area (Å²) >= 11 is 0. The number of carbonyl (C=O) groups is 2. The molecule has 1 atom stereocenters. The summed E-state index contributed by atoms with van der Waals surface area (Å²) < 4.78 is 5.23. The lowest BCUT2D eigenvalue weighted by molar-refractivity contribution is -0.124. The maximum absolute atomic E-state index is 12.9. The summed E-state index contributed by atoms with van der Waals surface area (Å²) in [4.78, 5) is 27.9. The van der Waals surface area contributed by atoms with Gasteiger partial charge in [0, 0.05) is 18.7 Å². The van der Waals surface area contributed by atoms with Gasteiger partial charge in [-0.1, -0.05) is 43.7 Å². The summed E-state index contributed by atoms with van der Waals surface area (Å²) in [6, 6.07) is 15.1. The van der Waals surface area contributed by atoms with Gasteiger partial charge in [-0.05, 0) is 74.5 Å². The van der Waals surface area contributed by atoms with Crippen molar-refractivity contribution in [3.05, 3.63) is 65.2 Å². The van der Waals surface area contributed by atoms with Crippen LogP contribution in [0.1, 0.15) is 48.2 Å². The third-order valence-corrected chi connectivity index (χ3v) is 6.39. The van der Waals surface area contributed by atoms with Crippen LogP contribution in [-0.2, 0) is 11.3 Å². The third kappa shape index (κ3) is 7.32. The van der Waals surface area contributed by atoms with Gasteiger partial charge < -0.3 is 15.4 Å². The number of amides is 2. The number of hydrogen-bond acceptors (Lipinski definition) is 4. The standard InChI is InChI=1S/C27H37N3O3/c1-19(2)25(29-26(31)23-9-5-20(3)6-10-23)27(32)28-17-21-13-15-30(16-14-21)18-22-7-11-24(33-4)12-8-22/h5-12,19,21,25H,13-18H2,1-4H3,(H,28,32)(H,29,31). The van der Waals surface area contributed by atoms with E-state index in [0.717, 1.165) is 43.8 Å². The quantitative estimate of drug-likeness (QED) is 0.609. The van der Waals surface area contributed by atoms with Crippen LogP contribution in [0.25, 0.3) is 0 Å². The van der Waals surface area contributed by atoms with Gasteiger partial charge >= 0.3 is 0 Å². The van der Waals surface area contributed by atoms with Crippen molar-refractivity contribution in [1.82, 2.24) is 15.5 Å². The second-order valence-electron chi connectivity index (χ2n) is 9.37. The number of aryl methyl sites for hydroxylation is 1. The van der Waals surface area contributed by atoms with Crippen LogP contribution < -0.4 is 15.4 Å². The lowest BCUT2D eigenvalue weighted by atomic mass is 9.95. The number of ether oxygens (including phenoxy) is 1. The molecule has 3 rings (SSSR count). The highest BCUT2D eigenvalue weighted by molar-refractivity contribution is 5.97. The molecule has 1 saturated heterocycles. The highest BCUT2D eigenvalue weighted by Gasteiger charge is 2.26. The van der Waals surface area contributed by atoms with Gasteiger partial charge in [0.1, 0.15) is 11.8 Å². The molecular formula is C27H37N3O3. The molecule has 1 aliphatic heterocycles. The fourth-order valence-electron chi connectivity index (χ4n) is 4.16. The Morgan fingerprint density at radius 3 is 2.24 bits per heavy atom. The molecule has 2 aromatic carbocycles. The summed E-state index contributed by atoms with van der Waals surface area (Å²) in [6.07, 6.45) is 2.11. The molecule has 0 radical (unpaired) electrons. The second-order valence-corrected chi connectivity index (χ2v) is 9.37. The van der Waals surface area contributed by atoms with Crippen LogP contribution in [0.4, 0.5) is 0 Å². The third-order valence-electron chi connectivity index (χ3n) is 6.39. The summed E-state index contributed by atoms with van der Waals surface area (Å²) in [7, 11) is 1.68. The van der Waals surface area contributed by atoms with Crippen LogP contribution in [0, 0.1) is 18.8 Å². The van der Waals surface area contributed by atoms with Crippen molar-refractivity contribution >= 4 is 11.8 Å². The molecular weight excluding hydrogens is 414 g/mol. The van der Waals surface area contributed by atoms with E-state index in [2.05, 4.69) is 27.7 Å². The molecule has 0 bridgehead atoms. The van der Waals surface area contributed by atoms with Gasteiger partial charge in [-0.15, -0.1) is 0 Å². The maximum atomic E-state index is 12.9. The molecule has 6 heteroatoms. The molecule has 0 aromatic heterocycles. The molecule has 178 valence electrons. The molecule has 1 fully saturated rings. The van der Waals surface area contributed by atoms with E-state index in [4.69, 9.17) is 4.74 Å². The highest BCUT2D eigenvalue weighted by atomic mass is 16.5. The molecule has 2 aromatic rings. The zero-order chi connectivity index (χ0) is 23.8. The Balaban J connectivity index is 1.43. The van der Waals surface area contributed by atoms with Gasteiger partial charge in [0.25, 0.3) is 5.91 Å². The number of carbonyl (C=O) groups excluding carboxylic acids is 2. The molecule has 6 nitrogen and oxygen atoms in total. The Bertz CT molecular complexity index is 901. The van der Waals surface area contributed by atoms with E-state index in [-0.39, 0.29) is 17.7 Å². The van der Waals surface area contributed by atoms with Crippen molar-refractivity contribution in [1.29, 1.82) is 0 Å². The number of hydrogen-bond donors (Lipinski definition) is 2. The number of nitrogens with zero attached hydrogens (tertiary/aromatic N) is 1. The topological polar surface area (TPSA) is 70.7 Å². The SMILES string of the molecule is COc1ccc(CN2CCC(CNC(=O)C(NC(=O)c3ccc(C)cc3)C(C)C)CC2)cc1. The number of methoxy groups -OCH3 is 1. The minimum absolute atomic E-state index is 0.00532. The minimum Gasteiger partial charge on any atom is -0.497 e. The predicted octanol–water partition coefficient (Wildman–Crippen LogP) is 3.79. The Kier molecular flexibility index (Phi) is 8.89. The molecule has 1 unspecified atom stereocenters. The average Bonchev–Trinajstić information content (AvgIpc) is 2.82. The Labute approximate surface area is 197 Å². The summed E-state index contributed by atoms with van der Waals surface area (Å²) in [5.74, 6) is 1.03. The summed E-state index contributed by atoms with van der Waals surface area (Å²) in [5, 5.41) is 6.00. The van der Waals surface area contributed by atoms with Gasteiger partial charge in [0.2, 0.25) is 5.91 Å². The smallest absolute Gasteiger partial charge is 0.251 e. The van der Waals surface area contributed by atoms with Gasteiger partial charge in [-0.2, -0.15) is 0 Å². The Morgan fingerprint density at radius 1 is 1.03 bits per heavy atom. The first-order valence-corrected chi connectivity index (χ1v) is 11.9. The van der Waals surface area contributed by atoms with E-state index < -0.39 is 6.04 Å². The fraction of sp³-hybridized carbons (Fsp3) is 0.481. The Morgan fingerprint density at radius 2 is 1.67 bits per heavy atom. The minimum atomic E-state index is -0.547. The largest absolute Gasteiger partial charge is 0.497 e. The number of piperidine rings is 1. The first kappa shape index (κ1) is 24.8. The van der Waals surface area contributed by atoms with Gasteiger partial charge in [-0.3, -0.25) is 14.5 Å². The van der Waals surface area contributed by atoms with Crippen molar-refractivity contribution in [2.45, 2.75) is 46.2 Å². The van der Waals surface area contributed by atoms with E-state index in [9.17, 15) is 9.59 Å². The number of rotatable bonds is 9. The molecule has 0 saturated carbocycles. The maximum Gasteiger partial charge on any atom is 0.251 e. The summed E-state index contributed by atoms with van der Waals surface area (Å²) in [6.45, 7) is 9.52. The zero-order valence-corrected chi connectivity index (χ0v) is 20.3. The van der Waals surface area contributed by atoms with E-state index in [0.29, 0.717) is 18.0 Å². The van der Waals surface area contributed by atoms with Crippen molar-refractivity contribution in [3.63, 3.8) is 0 Å². The van der Waals surface area contributed by atoms with E-state index in [1.54, 1.807) is 19.2 Å². The Hall–Kier alpha value is -2.86. The lowest BCUT2D eigenvalue weighted by Gasteiger charge is -2.32. The number of nitrogens with one attached hydrogen (secondary N) is 2. The lowest BCUT2D eigenvalue weighted by Crippen LogP contribution is -2.51. The molecule has 0 spiro atoms. The van der Waals surface area contributed by atoms with Gasteiger partial charge in [0.05, 0.1) is 7.11 Å². The van der Waals surface area contributed by atoms with E-state index in [1.807, 2.05) is 45.0 Å². The number of benzene rings is 2. The van der Waals surface area contributed by atoms with Crippen LogP contribution in [-0.4, -0.2) is 49.5 Å². The van der Waals surface area contributed by atoms with Gasteiger partial charge in [0.15, 0.2) is 0 Å². The van der Waals surface area contributed by atoms with Crippen molar-refractivity contribution in [2.75, 3.05) is 26.7 Å². The second kappa shape index (κ2) is 11.8.